The molecule has 0 aliphatic heterocycles. The zero-order chi connectivity index (χ0) is 22.1. The standard InChI is InChI=1S/C22H31N3O4S/c1-5-21(29-20-14-12-19(13-15-20)25(3)30(4,27)28)22(26)23-16-9-17-24(2)18-10-7-6-8-11-18/h6-8,10-15,21H,5,9,16-17H2,1-4H3,(H,23,26). The summed E-state index contributed by atoms with van der Waals surface area (Å²) in [5, 5.41) is 2.93. The van der Waals surface area contributed by atoms with Gasteiger partial charge in [-0.05, 0) is 49.2 Å². The van der Waals surface area contributed by atoms with Crippen LogP contribution < -0.4 is 19.3 Å². The van der Waals surface area contributed by atoms with Crippen LogP contribution in [-0.2, 0) is 14.8 Å². The Balaban J connectivity index is 1.81. The predicted octanol–water partition coefficient (Wildman–Crippen LogP) is 2.88. The number of carbonyl (C=O) groups is 1. The molecule has 0 saturated heterocycles. The summed E-state index contributed by atoms with van der Waals surface area (Å²) in [7, 11) is 0.195. The number of sulfonamides is 1. The number of anilines is 2. The maximum atomic E-state index is 12.5. The molecule has 2 aromatic rings. The summed E-state index contributed by atoms with van der Waals surface area (Å²) in [4.78, 5) is 14.6. The van der Waals surface area contributed by atoms with E-state index < -0.39 is 16.1 Å². The third-order valence-electron chi connectivity index (χ3n) is 4.81. The average Bonchev–Trinajstić information content (AvgIpc) is 2.74. The number of para-hydroxylation sites is 1. The number of rotatable bonds is 11. The topological polar surface area (TPSA) is 78.9 Å². The molecule has 7 nitrogen and oxygen atoms in total. The van der Waals surface area contributed by atoms with Gasteiger partial charge >= 0.3 is 0 Å². The lowest BCUT2D eigenvalue weighted by molar-refractivity contribution is -0.128. The quantitative estimate of drug-likeness (QED) is 0.551. The Labute approximate surface area is 179 Å². The number of hydrogen-bond donors (Lipinski definition) is 1. The second-order valence-corrected chi connectivity index (χ2v) is 9.15. The van der Waals surface area contributed by atoms with Crippen LogP contribution in [0.25, 0.3) is 0 Å². The minimum absolute atomic E-state index is 0.155. The number of hydrogen-bond acceptors (Lipinski definition) is 5. The van der Waals surface area contributed by atoms with Gasteiger partial charge in [0, 0.05) is 32.9 Å². The summed E-state index contributed by atoms with van der Waals surface area (Å²) < 4.78 is 30.2. The van der Waals surface area contributed by atoms with Gasteiger partial charge in [-0.1, -0.05) is 25.1 Å². The molecule has 2 rings (SSSR count). The van der Waals surface area contributed by atoms with E-state index in [1.54, 1.807) is 24.3 Å². The van der Waals surface area contributed by atoms with Gasteiger partial charge in [0.05, 0.1) is 11.9 Å². The molecule has 30 heavy (non-hydrogen) atoms. The predicted molar refractivity (Wildman–Crippen MR) is 122 cm³/mol. The van der Waals surface area contributed by atoms with Crippen LogP contribution >= 0.6 is 0 Å². The Morgan fingerprint density at radius 3 is 2.23 bits per heavy atom. The fourth-order valence-corrected chi connectivity index (χ4v) is 3.37. The first kappa shape index (κ1) is 23.5. The molecule has 1 atom stereocenters. The highest BCUT2D eigenvalue weighted by atomic mass is 32.2. The molecule has 0 radical (unpaired) electrons. The van der Waals surface area contributed by atoms with E-state index in [1.165, 1.54) is 11.4 Å². The molecule has 1 amide bonds. The van der Waals surface area contributed by atoms with E-state index in [-0.39, 0.29) is 5.91 Å². The van der Waals surface area contributed by atoms with Gasteiger partial charge in [0.25, 0.3) is 5.91 Å². The molecule has 0 bridgehead atoms. The SMILES string of the molecule is CCC(Oc1ccc(N(C)S(C)(=O)=O)cc1)C(=O)NCCCN(C)c1ccccc1. The summed E-state index contributed by atoms with van der Waals surface area (Å²) in [5.74, 6) is 0.364. The lowest BCUT2D eigenvalue weighted by Gasteiger charge is -2.21. The number of benzene rings is 2. The zero-order valence-electron chi connectivity index (χ0n) is 18.0. The molecule has 2 aromatic carbocycles. The molecule has 0 fully saturated rings. The minimum atomic E-state index is -3.32. The number of nitrogens with one attached hydrogen (secondary N) is 1. The largest absolute Gasteiger partial charge is 0.481 e. The summed E-state index contributed by atoms with van der Waals surface area (Å²) in [6.07, 6.45) is 1.89. The summed E-state index contributed by atoms with van der Waals surface area (Å²) >= 11 is 0. The van der Waals surface area contributed by atoms with Crippen LogP contribution in [0.5, 0.6) is 5.75 Å². The molecule has 8 heteroatoms. The number of carbonyl (C=O) groups excluding carboxylic acids is 1. The molecule has 164 valence electrons. The molecule has 0 aliphatic rings. The fourth-order valence-electron chi connectivity index (χ4n) is 2.87. The van der Waals surface area contributed by atoms with Crippen LogP contribution in [0, 0.1) is 0 Å². The Kier molecular flexibility index (Phi) is 8.53. The monoisotopic (exact) mass is 433 g/mol. The zero-order valence-corrected chi connectivity index (χ0v) is 18.9. The second-order valence-electron chi connectivity index (χ2n) is 7.14. The van der Waals surface area contributed by atoms with E-state index in [2.05, 4.69) is 22.3 Å². The maximum absolute atomic E-state index is 12.5. The molecule has 0 aliphatic carbocycles. The van der Waals surface area contributed by atoms with Crippen molar-refractivity contribution in [3.05, 3.63) is 54.6 Å². The van der Waals surface area contributed by atoms with Crippen molar-refractivity contribution >= 4 is 27.3 Å². The van der Waals surface area contributed by atoms with E-state index >= 15 is 0 Å². The fraction of sp³-hybridized carbons (Fsp3) is 0.409. The molecule has 0 saturated carbocycles. The van der Waals surface area contributed by atoms with Crippen LogP contribution in [-0.4, -0.2) is 53.9 Å². The van der Waals surface area contributed by atoms with E-state index in [0.717, 1.165) is 24.9 Å². The molecule has 0 spiro atoms. The van der Waals surface area contributed by atoms with Gasteiger partial charge in [-0.2, -0.15) is 0 Å². The van der Waals surface area contributed by atoms with Gasteiger partial charge in [-0.3, -0.25) is 9.10 Å². The van der Waals surface area contributed by atoms with Crippen molar-refractivity contribution in [2.45, 2.75) is 25.9 Å². The van der Waals surface area contributed by atoms with Gasteiger partial charge in [-0.25, -0.2) is 8.42 Å². The van der Waals surface area contributed by atoms with E-state index in [0.29, 0.717) is 24.4 Å². The van der Waals surface area contributed by atoms with Crippen molar-refractivity contribution in [2.75, 3.05) is 42.6 Å². The summed E-state index contributed by atoms with van der Waals surface area (Å²) in [6, 6.07) is 16.7. The highest BCUT2D eigenvalue weighted by Gasteiger charge is 2.18. The van der Waals surface area contributed by atoms with Crippen molar-refractivity contribution in [1.82, 2.24) is 5.32 Å². The molecular weight excluding hydrogens is 402 g/mol. The Hall–Kier alpha value is -2.74. The Morgan fingerprint density at radius 2 is 1.67 bits per heavy atom. The maximum Gasteiger partial charge on any atom is 0.261 e. The lowest BCUT2D eigenvalue weighted by atomic mass is 10.2. The van der Waals surface area contributed by atoms with Crippen molar-refractivity contribution in [3.8, 4) is 5.75 Å². The summed E-state index contributed by atoms with van der Waals surface area (Å²) in [6.45, 7) is 3.28. The third-order valence-corrected chi connectivity index (χ3v) is 6.01. The van der Waals surface area contributed by atoms with Crippen molar-refractivity contribution in [2.24, 2.45) is 0 Å². The van der Waals surface area contributed by atoms with Crippen molar-refractivity contribution in [1.29, 1.82) is 0 Å². The normalized spacial score (nSPS) is 12.1. The van der Waals surface area contributed by atoms with Crippen molar-refractivity contribution in [3.63, 3.8) is 0 Å². The highest BCUT2D eigenvalue weighted by molar-refractivity contribution is 7.92. The van der Waals surface area contributed by atoms with E-state index in [9.17, 15) is 13.2 Å². The van der Waals surface area contributed by atoms with Gasteiger partial charge in [0.1, 0.15) is 5.75 Å². The van der Waals surface area contributed by atoms with Crippen LogP contribution in [0.15, 0.2) is 54.6 Å². The Bertz CT molecular complexity index is 902. The van der Waals surface area contributed by atoms with Gasteiger partial charge in [0.15, 0.2) is 6.10 Å². The smallest absolute Gasteiger partial charge is 0.261 e. The molecule has 1 unspecified atom stereocenters. The first-order valence-electron chi connectivity index (χ1n) is 9.97. The third kappa shape index (κ3) is 6.95. The van der Waals surface area contributed by atoms with Crippen LogP contribution in [0.2, 0.25) is 0 Å². The average molecular weight is 434 g/mol. The summed E-state index contributed by atoms with van der Waals surface area (Å²) in [5.41, 5.74) is 1.67. The minimum Gasteiger partial charge on any atom is -0.481 e. The molecule has 0 heterocycles. The van der Waals surface area contributed by atoms with Gasteiger partial charge in [0.2, 0.25) is 10.0 Å². The van der Waals surface area contributed by atoms with Gasteiger partial charge in [-0.15, -0.1) is 0 Å². The second kappa shape index (κ2) is 10.9. The van der Waals surface area contributed by atoms with Crippen LogP contribution in [0.4, 0.5) is 11.4 Å². The number of nitrogens with zero attached hydrogens (tertiary/aromatic N) is 2. The first-order valence-corrected chi connectivity index (χ1v) is 11.8. The molecule has 1 N–H and O–H groups in total. The lowest BCUT2D eigenvalue weighted by Crippen LogP contribution is -2.39. The van der Waals surface area contributed by atoms with Crippen LogP contribution in [0.3, 0.4) is 0 Å². The number of ether oxygens (including phenoxy) is 1. The van der Waals surface area contributed by atoms with Crippen LogP contribution in [0.1, 0.15) is 19.8 Å². The van der Waals surface area contributed by atoms with E-state index in [4.69, 9.17) is 4.74 Å². The molecule has 0 aromatic heterocycles. The van der Waals surface area contributed by atoms with E-state index in [1.807, 2.05) is 32.2 Å². The Morgan fingerprint density at radius 1 is 1.03 bits per heavy atom. The highest BCUT2D eigenvalue weighted by Crippen LogP contribution is 2.21. The molecular formula is C22H31N3O4S. The van der Waals surface area contributed by atoms with Crippen molar-refractivity contribution < 1.29 is 17.9 Å². The number of amides is 1. The van der Waals surface area contributed by atoms with Gasteiger partial charge < -0.3 is 15.0 Å². The first-order chi connectivity index (χ1) is 14.2.